The third-order valence-electron chi connectivity index (χ3n) is 6.56. The van der Waals surface area contributed by atoms with Crippen molar-refractivity contribution in [1.29, 1.82) is 5.26 Å². The summed E-state index contributed by atoms with van der Waals surface area (Å²) in [5, 5.41) is 9.92. The van der Waals surface area contributed by atoms with E-state index in [1.807, 2.05) is 29.2 Å². The molecule has 2 aromatic carbocycles. The van der Waals surface area contributed by atoms with Crippen LogP contribution >= 0.6 is 11.3 Å². The van der Waals surface area contributed by atoms with Crippen LogP contribution in [0.1, 0.15) is 42.3 Å². The van der Waals surface area contributed by atoms with E-state index in [9.17, 15) is 13.2 Å². The highest BCUT2D eigenvalue weighted by Gasteiger charge is 2.38. The number of benzene rings is 2. The Morgan fingerprint density at radius 1 is 1.03 bits per heavy atom. The standard InChI is InChI=1S/C24H24N4O3S2/c25-16-17-7-9-19(10-8-17)33(30,31)27-14-11-18(12-15-27)24(29)28-13-3-5-21(28)23-26-20-4-1-2-6-22(20)32-23/h1-2,4,6-10,18,21H,3,5,11-15H2/t21-/m1/s1. The highest BCUT2D eigenvalue weighted by molar-refractivity contribution is 7.89. The first-order valence-corrected chi connectivity index (χ1v) is 13.4. The zero-order valence-corrected chi connectivity index (χ0v) is 19.7. The van der Waals surface area contributed by atoms with E-state index in [4.69, 9.17) is 10.2 Å². The molecule has 2 fully saturated rings. The Bertz CT molecular complexity index is 1290. The number of likely N-dealkylation sites (tertiary alicyclic amines) is 1. The Kier molecular flexibility index (Phi) is 5.91. The largest absolute Gasteiger partial charge is 0.333 e. The van der Waals surface area contributed by atoms with Crippen LogP contribution in [0.2, 0.25) is 0 Å². The third-order valence-corrected chi connectivity index (χ3v) is 9.61. The molecule has 3 aromatic rings. The van der Waals surface area contributed by atoms with Crippen LogP contribution in [0.5, 0.6) is 0 Å². The molecule has 33 heavy (non-hydrogen) atoms. The lowest BCUT2D eigenvalue weighted by Crippen LogP contribution is -2.44. The summed E-state index contributed by atoms with van der Waals surface area (Å²) in [5.41, 5.74) is 1.39. The quantitative estimate of drug-likeness (QED) is 0.564. The van der Waals surface area contributed by atoms with Crippen LogP contribution in [-0.2, 0) is 14.8 Å². The Morgan fingerprint density at radius 3 is 2.45 bits per heavy atom. The van der Waals surface area contributed by atoms with E-state index in [1.54, 1.807) is 11.3 Å². The Morgan fingerprint density at radius 2 is 1.76 bits per heavy atom. The molecule has 0 bridgehead atoms. The van der Waals surface area contributed by atoms with Crippen molar-refractivity contribution >= 4 is 37.5 Å². The molecule has 9 heteroatoms. The SMILES string of the molecule is N#Cc1ccc(S(=O)(=O)N2CCC(C(=O)N3CCC[C@@H]3c3nc4ccccc4s3)CC2)cc1. The Labute approximate surface area is 197 Å². The van der Waals surface area contributed by atoms with Gasteiger partial charge in [-0.3, -0.25) is 4.79 Å². The summed E-state index contributed by atoms with van der Waals surface area (Å²) in [6, 6.07) is 16.0. The molecule has 3 heterocycles. The fourth-order valence-corrected chi connectivity index (χ4v) is 7.33. The lowest BCUT2D eigenvalue weighted by Gasteiger charge is -2.34. The van der Waals surface area contributed by atoms with Crippen molar-refractivity contribution in [2.75, 3.05) is 19.6 Å². The third kappa shape index (κ3) is 4.14. The number of fused-ring (bicyclic) bond motifs is 1. The second-order valence-corrected chi connectivity index (χ2v) is 11.5. The van der Waals surface area contributed by atoms with Gasteiger partial charge in [0.2, 0.25) is 15.9 Å². The maximum Gasteiger partial charge on any atom is 0.243 e. The van der Waals surface area contributed by atoms with Gasteiger partial charge in [-0.2, -0.15) is 9.57 Å². The number of hydrogen-bond acceptors (Lipinski definition) is 6. The molecule has 0 radical (unpaired) electrons. The molecule has 5 rings (SSSR count). The molecule has 0 saturated carbocycles. The second-order valence-electron chi connectivity index (χ2n) is 8.52. The smallest absolute Gasteiger partial charge is 0.243 e. The normalized spacial score (nSPS) is 20.2. The molecule has 7 nitrogen and oxygen atoms in total. The number of hydrogen-bond donors (Lipinski definition) is 0. The van der Waals surface area contributed by atoms with Gasteiger partial charge in [-0.25, -0.2) is 13.4 Å². The van der Waals surface area contributed by atoms with Crippen LogP contribution in [-0.4, -0.2) is 48.1 Å². The van der Waals surface area contributed by atoms with Crippen molar-refractivity contribution in [3.63, 3.8) is 0 Å². The maximum atomic E-state index is 13.4. The number of thiazole rings is 1. The topological polar surface area (TPSA) is 94.4 Å². The summed E-state index contributed by atoms with van der Waals surface area (Å²) in [5.74, 6) is -0.0560. The van der Waals surface area contributed by atoms with Gasteiger partial charge < -0.3 is 4.90 Å². The molecule has 1 atom stereocenters. The number of carbonyl (C=O) groups excluding carboxylic acids is 1. The first-order valence-electron chi connectivity index (χ1n) is 11.1. The Balaban J connectivity index is 1.26. The van der Waals surface area contributed by atoms with Crippen molar-refractivity contribution in [1.82, 2.24) is 14.2 Å². The van der Waals surface area contributed by atoms with Crippen molar-refractivity contribution in [2.24, 2.45) is 5.92 Å². The number of amides is 1. The fraction of sp³-hybridized carbons (Fsp3) is 0.375. The summed E-state index contributed by atoms with van der Waals surface area (Å²) < 4.78 is 28.5. The fourth-order valence-electron chi connectivity index (χ4n) is 4.75. The van der Waals surface area contributed by atoms with E-state index in [-0.39, 0.29) is 22.8 Å². The average molecular weight is 481 g/mol. The van der Waals surface area contributed by atoms with Gasteiger partial charge in [-0.15, -0.1) is 11.3 Å². The number of nitrogens with zero attached hydrogens (tertiary/aromatic N) is 4. The molecular weight excluding hydrogens is 456 g/mol. The van der Waals surface area contributed by atoms with Gasteiger partial charge in [0, 0.05) is 25.6 Å². The molecular formula is C24H24N4O3S2. The minimum absolute atomic E-state index is 0.00955. The van der Waals surface area contributed by atoms with E-state index >= 15 is 0 Å². The lowest BCUT2D eigenvalue weighted by molar-refractivity contribution is -0.137. The highest BCUT2D eigenvalue weighted by Crippen LogP contribution is 2.38. The van der Waals surface area contributed by atoms with Crippen LogP contribution in [0.25, 0.3) is 10.2 Å². The first-order chi connectivity index (χ1) is 16.0. The number of rotatable bonds is 4. The van der Waals surface area contributed by atoms with Crippen molar-refractivity contribution in [3.8, 4) is 6.07 Å². The van der Waals surface area contributed by atoms with Crippen molar-refractivity contribution in [2.45, 2.75) is 36.6 Å². The van der Waals surface area contributed by atoms with Gasteiger partial charge in [0.25, 0.3) is 0 Å². The molecule has 0 spiro atoms. The molecule has 2 saturated heterocycles. The first kappa shape index (κ1) is 22.0. The molecule has 1 aromatic heterocycles. The summed E-state index contributed by atoms with van der Waals surface area (Å²) in [6.45, 7) is 1.36. The van der Waals surface area contributed by atoms with E-state index in [0.29, 0.717) is 31.5 Å². The Hall–Kier alpha value is -2.80. The number of sulfonamides is 1. The summed E-state index contributed by atoms with van der Waals surface area (Å²) in [4.78, 5) is 20.3. The predicted octanol–water partition coefficient (Wildman–Crippen LogP) is 3.93. The van der Waals surface area contributed by atoms with Gasteiger partial charge in [0.1, 0.15) is 5.01 Å². The van der Waals surface area contributed by atoms with Gasteiger partial charge in [0.15, 0.2) is 0 Å². The predicted molar refractivity (Wildman–Crippen MR) is 126 cm³/mol. The van der Waals surface area contributed by atoms with Crippen molar-refractivity contribution in [3.05, 3.63) is 59.1 Å². The van der Waals surface area contributed by atoms with Gasteiger partial charge in [-0.1, -0.05) is 12.1 Å². The minimum atomic E-state index is -3.63. The van der Waals surface area contributed by atoms with Crippen LogP contribution in [0.15, 0.2) is 53.4 Å². The van der Waals surface area contributed by atoms with Crippen LogP contribution in [0.3, 0.4) is 0 Å². The monoisotopic (exact) mass is 480 g/mol. The molecule has 0 aliphatic carbocycles. The number of aromatic nitrogens is 1. The number of carbonyl (C=O) groups is 1. The maximum absolute atomic E-state index is 13.4. The van der Waals surface area contributed by atoms with Gasteiger partial charge in [0.05, 0.1) is 32.8 Å². The molecule has 170 valence electrons. The van der Waals surface area contributed by atoms with Crippen LogP contribution < -0.4 is 0 Å². The molecule has 2 aliphatic heterocycles. The molecule has 2 aliphatic rings. The van der Waals surface area contributed by atoms with Crippen molar-refractivity contribution < 1.29 is 13.2 Å². The van der Waals surface area contributed by atoms with Gasteiger partial charge >= 0.3 is 0 Å². The van der Waals surface area contributed by atoms with Crippen LogP contribution in [0.4, 0.5) is 0 Å². The number of piperidine rings is 1. The summed E-state index contributed by atoms with van der Waals surface area (Å²) in [7, 11) is -3.63. The summed E-state index contributed by atoms with van der Waals surface area (Å²) in [6.07, 6.45) is 2.89. The number of nitriles is 1. The lowest BCUT2D eigenvalue weighted by atomic mass is 9.96. The van der Waals surface area contributed by atoms with E-state index in [0.717, 1.165) is 34.6 Å². The second kappa shape index (κ2) is 8.86. The zero-order valence-electron chi connectivity index (χ0n) is 18.1. The summed E-state index contributed by atoms with van der Waals surface area (Å²) >= 11 is 1.65. The number of para-hydroxylation sites is 1. The molecule has 1 amide bonds. The molecule has 0 unspecified atom stereocenters. The zero-order chi connectivity index (χ0) is 23.0. The van der Waals surface area contributed by atoms with E-state index in [1.165, 1.54) is 28.6 Å². The molecule has 0 N–H and O–H groups in total. The van der Waals surface area contributed by atoms with E-state index in [2.05, 4.69) is 6.07 Å². The highest BCUT2D eigenvalue weighted by atomic mass is 32.2. The van der Waals surface area contributed by atoms with Gasteiger partial charge in [-0.05, 0) is 62.1 Å². The minimum Gasteiger partial charge on any atom is -0.333 e. The van der Waals surface area contributed by atoms with E-state index < -0.39 is 10.0 Å². The average Bonchev–Trinajstić information content (AvgIpc) is 3.50. The van der Waals surface area contributed by atoms with Crippen LogP contribution in [0, 0.1) is 17.2 Å².